The molecule has 0 spiro atoms. The molecule has 3 rings (SSSR count). The third-order valence-corrected chi connectivity index (χ3v) is 7.57. The number of hydrogen-bond acceptors (Lipinski definition) is 5. The summed E-state index contributed by atoms with van der Waals surface area (Å²) in [5.74, 6) is -0.590. The summed E-state index contributed by atoms with van der Waals surface area (Å²) in [6, 6.07) is 9.74. The number of aromatic carboxylic acids is 1. The predicted molar refractivity (Wildman–Crippen MR) is 128 cm³/mol. The normalized spacial score (nSPS) is 14.9. The second-order valence-corrected chi connectivity index (χ2v) is 10.9. The van der Waals surface area contributed by atoms with Crippen LogP contribution in [-0.2, 0) is 14.8 Å². The molecule has 1 aliphatic rings. The number of hydrogen-bond donors (Lipinski definition) is 1. The molecule has 0 atom stereocenters. The average molecular weight is 476 g/mol. The van der Waals surface area contributed by atoms with Gasteiger partial charge in [-0.1, -0.05) is 31.5 Å². The largest absolute Gasteiger partial charge is 0.493 e. The Hall–Kier alpha value is -2.58. The van der Waals surface area contributed by atoms with Gasteiger partial charge in [0.25, 0.3) is 10.0 Å². The van der Waals surface area contributed by atoms with Crippen molar-refractivity contribution in [2.75, 3.05) is 30.7 Å². The molecule has 0 unspecified atom stereocenters. The summed E-state index contributed by atoms with van der Waals surface area (Å²) in [5, 5.41) is 9.84. The molecule has 2 aromatic rings. The fourth-order valence-electron chi connectivity index (χ4n) is 3.98. The number of ether oxygens (including phenoxy) is 2. The Morgan fingerprint density at radius 2 is 1.85 bits per heavy atom. The van der Waals surface area contributed by atoms with E-state index in [0.717, 1.165) is 24.0 Å². The lowest BCUT2D eigenvalue weighted by Gasteiger charge is -2.28. The zero-order valence-corrected chi connectivity index (χ0v) is 20.5. The minimum absolute atomic E-state index is 0.0378. The van der Waals surface area contributed by atoms with E-state index in [1.807, 2.05) is 39.8 Å². The minimum atomic E-state index is -4.13. The molecule has 2 aromatic carbocycles. The number of rotatable bonds is 9. The Kier molecular flexibility index (Phi) is 8.02. The topological polar surface area (TPSA) is 93.1 Å². The molecule has 0 bridgehead atoms. The van der Waals surface area contributed by atoms with Crippen LogP contribution in [0.5, 0.6) is 5.75 Å². The van der Waals surface area contributed by atoms with Gasteiger partial charge in [0.05, 0.1) is 17.9 Å². The van der Waals surface area contributed by atoms with Gasteiger partial charge in [0.1, 0.15) is 10.6 Å². The van der Waals surface area contributed by atoms with Crippen molar-refractivity contribution in [2.45, 2.75) is 45.4 Å². The number of sulfonamides is 1. The van der Waals surface area contributed by atoms with Gasteiger partial charge in [0.15, 0.2) is 0 Å². The summed E-state index contributed by atoms with van der Waals surface area (Å²) < 4.78 is 40.0. The molecular formula is C25H33NO6S. The van der Waals surface area contributed by atoms with Crippen LogP contribution in [0.25, 0.3) is 0 Å². The maximum Gasteiger partial charge on any atom is 0.337 e. The van der Waals surface area contributed by atoms with Crippen LogP contribution in [0.4, 0.5) is 5.69 Å². The number of carboxylic acids is 1. The molecule has 0 radical (unpaired) electrons. The summed E-state index contributed by atoms with van der Waals surface area (Å²) >= 11 is 0. The first kappa shape index (κ1) is 25.1. The van der Waals surface area contributed by atoms with Gasteiger partial charge < -0.3 is 14.6 Å². The maximum atomic E-state index is 13.8. The van der Waals surface area contributed by atoms with Crippen molar-refractivity contribution in [3.63, 3.8) is 0 Å². The molecule has 1 aliphatic heterocycles. The second-order valence-electron chi connectivity index (χ2n) is 9.05. The van der Waals surface area contributed by atoms with Gasteiger partial charge in [0.2, 0.25) is 0 Å². The first-order chi connectivity index (χ1) is 15.6. The maximum absolute atomic E-state index is 13.8. The van der Waals surface area contributed by atoms with Crippen LogP contribution >= 0.6 is 0 Å². The predicted octanol–water partition coefficient (Wildman–Crippen LogP) is 4.66. The Balaban J connectivity index is 1.97. The van der Waals surface area contributed by atoms with Crippen LogP contribution in [0.3, 0.4) is 0 Å². The summed E-state index contributed by atoms with van der Waals surface area (Å²) in [4.78, 5) is 11.8. The SMILES string of the molecule is Cc1ccc(N(CC(C)C)S(=O)(=O)c2ccc(OCC3CCOCC3)cc2C(=O)O)c(C)c1. The highest BCUT2D eigenvalue weighted by atomic mass is 32.2. The van der Waals surface area contributed by atoms with E-state index < -0.39 is 16.0 Å². The van der Waals surface area contributed by atoms with E-state index in [0.29, 0.717) is 37.2 Å². The molecule has 0 aliphatic carbocycles. The third kappa shape index (κ3) is 6.06. The van der Waals surface area contributed by atoms with Crippen LogP contribution in [0, 0.1) is 25.7 Å². The van der Waals surface area contributed by atoms with Crippen molar-refractivity contribution in [2.24, 2.45) is 11.8 Å². The molecule has 0 amide bonds. The summed E-state index contributed by atoms with van der Waals surface area (Å²) in [6.45, 7) is 9.71. The lowest BCUT2D eigenvalue weighted by Crippen LogP contribution is -2.35. The van der Waals surface area contributed by atoms with E-state index in [4.69, 9.17) is 9.47 Å². The first-order valence-electron chi connectivity index (χ1n) is 11.3. The molecule has 1 saturated heterocycles. The molecule has 180 valence electrons. The molecule has 1 N–H and O–H groups in total. The number of carboxylic acid groups (broad SMARTS) is 1. The van der Waals surface area contributed by atoms with Crippen LogP contribution in [0.1, 0.15) is 48.2 Å². The van der Waals surface area contributed by atoms with Gasteiger partial charge in [0, 0.05) is 19.8 Å². The number of nitrogens with zero attached hydrogens (tertiary/aromatic N) is 1. The molecule has 1 fully saturated rings. The van der Waals surface area contributed by atoms with E-state index in [9.17, 15) is 18.3 Å². The quantitative estimate of drug-likeness (QED) is 0.567. The van der Waals surface area contributed by atoms with Crippen LogP contribution in [0.15, 0.2) is 41.3 Å². The lowest BCUT2D eigenvalue weighted by molar-refractivity contribution is 0.0497. The standard InChI is InChI=1S/C25H33NO6S/c1-17(2)15-26(23-7-5-18(3)13-19(23)4)33(29,30)24-8-6-21(14-22(24)25(27)28)32-16-20-9-11-31-12-10-20/h5-8,13-14,17,20H,9-12,15-16H2,1-4H3,(H,27,28). The summed E-state index contributed by atoms with van der Waals surface area (Å²) in [6.07, 6.45) is 1.77. The number of benzene rings is 2. The summed E-state index contributed by atoms with van der Waals surface area (Å²) in [7, 11) is -4.13. The highest BCUT2D eigenvalue weighted by Gasteiger charge is 2.31. The van der Waals surface area contributed by atoms with Crippen molar-refractivity contribution in [3.05, 3.63) is 53.1 Å². The van der Waals surface area contributed by atoms with Crippen LogP contribution < -0.4 is 9.04 Å². The average Bonchev–Trinajstić information content (AvgIpc) is 2.76. The highest BCUT2D eigenvalue weighted by Crippen LogP contribution is 2.32. The van der Waals surface area contributed by atoms with Crippen molar-refractivity contribution in [1.29, 1.82) is 0 Å². The second kappa shape index (κ2) is 10.6. The van der Waals surface area contributed by atoms with Gasteiger partial charge in [-0.05, 0) is 68.4 Å². The highest BCUT2D eigenvalue weighted by molar-refractivity contribution is 7.93. The van der Waals surface area contributed by atoms with Gasteiger partial charge in [-0.15, -0.1) is 0 Å². The smallest absolute Gasteiger partial charge is 0.337 e. The van der Waals surface area contributed by atoms with Crippen LogP contribution in [0.2, 0.25) is 0 Å². The Bertz CT molecular complexity index is 1090. The van der Waals surface area contributed by atoms with Crippen molar-refractivity contribution in [3.8, 4) is 5.75 Å². The van der Waals surface area contributed by atoms with Crippen molar-refractivity contribution in [1.82, 2.24) is 0 Å². The van der Waals surface area contributed by atoms with E-state index >= 15 is 0 Å². The number of carbonyl (C=O) groups is 1. The molecule has 0 aromatic heterocycles. The molecule has 7 nitrogen and oxygen atoms in total. The monoisotopic (exact) mass is 475 g/mol. The van der Waals surface area contributed by atoms with Gasteiger partial charge in [-0.3, -0.25) is 4.31 Å². The van der Waals surface area contributed by atoms with E-state index in [1.165, 1.54) is 22.5 Å². The van der Waals surface area contributed by atoms with Crippen molar-refractivity contribution < 1.29 is 27.8 Å². The molecule has 1 heterocycles. The fraction of sp³-hybridized carbons (Fsp3) is 0.480. The van der Waals surface area contributed by atoms with Gasteiger partial charge in [-0.2, -0.15) is 0 Å². The minimum Gasteiger partial charge on any atom is -0.493 e. The third-order valence-electron chi connectivity index (χ3n) is 5.73. The number of anilines is 1. The first-order valence-corrected chi connectivity index (χ1v) is 12.7. The van der Waals surface area contributed by atoms with E-state index in [1.54, 1.807) is 6.07 Å². The zero-order chi connectivity index (χ0) is 24.2. The Morgan fingerprint density at radius 1 is 1.15 bits per heavy atom. The van der Waals surface area contributed by atoms with Crippen molar-refractivity contribution >= 4 is 21.7 Å². The molecule has 33 heavy (non-hydrogen) atoms. The van der Waals surface area contributed by atoms with Gasteiger partial charge in [-0.25, -0.2) is 13.2 Å². The zero-order valence-electron chi connectivity index (χ0n) is 19.7. The number of aryl methyl sites for hydroxylation is 2. The Morgan fingerprint density at radius 3 is 2.45 bits per heavy atom. The lowest BCUT2D eigenvalue weighted by atomic mass is 10.0. The summed E-state index contributed by atoms with van der Waals surface area (Å²) in [5.41, 5.74) is 2.09. The molecule has 8 heteroatoms. The van der Waals surface area contributed by atoms with E-state index in [2.05, 4.69) is 0 Å². The van der Waals surface area contributed by atoms with E-state index in [-0.39, 0.29) is 22.9 Å². The molecular weight excluding hydrogens is 442 g/mol. The molecule has 0 saturated carbocycles. The Labute approximate surface area is 196 Å². The van der Waals surface area contributed by atoms with Gasteiger partial charge >= 0.3 is 5.97 Å². The fourth-order valence-corrected chi connectivity index (χ4v) is 5.84. The van der Waals surface area contributed by atoms with Crippen LogP contribution in [-0.4, -0.2) is 45.9 Å².